The number of hydrogen-bond acceptors (Lipinski definition) is 9. The highest BCUT2D eigenvalue weighted by molar-refractivity contribution is 5.44. The molecule has 1 aliphatic heterocycles. The first-order chi connectivity index (χ1) is 8.84. The van der Waals surface area contributed by atoms with E-state index < -0.39 is 59.7 Å². The Bertz CT molecular complexity index is 531. The lowest BCUT2D eigenvalue weighted by molar-refractivity contribution is -0.285. The Labute approximate surface area is 105 Å². The van der Waals surface area contributed by atoms with Crippen LogP contribution >= 0.6 is 0 Å². The summed E-state index contributed by atoms with van der Waals surface area (Å²) in [5, 5.41) is 46.4. The van der Waals surface area contributed by atoms with Crippen LogP contribution in [0.3, 0.4) is 0 Å². The maximum Gasteiger partial charge on any atom is 0.275 e. The fourth-order valence-corrected chi connectivity index (χ4v) is 1.73. The van der Waals surface area contributed by atoms with Crippen molar-refractivity contribution < 1.29 is 35.0 Å². The first-order valence-corrected chi connectivity index (χ1v) is 5.37. The van der Waals surface area contributed by atoms with Crippen molar-refractivity contribution in [2.45, 2.75) is 30.7 Å². The third-order valence-corrected chi connectivity index (χ3v) is 2.92. The predicted molar refractivity (Wildman–Crippen MR) is 57.4 cm³/mol. The SMILES string of the molecule is O=c1c(O)c(OC[C@H]2OC(O)[C@@H](O)[C@@H](O)[C@@H]2O)c1=O. The van der Waals surface area contributed by atoms with Crippen molar-refractivity contribution in [1.82, 2.24) is 0 Å². The molecule has 0 radical (unpaired) electrons. The molecule has 0 bridgehead atoms. The van der Waals surface area contributed by atoms with Gasteiger partial charge in [-0.05, 0) is 0 Å². The number of ether oxygens (including phenoxy) is 2. The number of hydrogen-bond donors (Lipinski definition) is 5. The summed E-state index contributed by atoms with van der Waals surface area (Å²) in [6.07, 6.45) is -7.86. The van der Waals surface area contributed by atoms with Gasteiger partial charge in [-0.15, -0.1) is 0 Å². The topological polar surface area (TPSA) is 154 Å². The fourth-order valence-electron chi connectivity index (χ4n) is 1.73. The molecule has 1 fully saturated rings. The molecule has 0 amide bonds. The Balaban J connectivity index is 2.00. The summed E-state index contributed by atoms with van der Waals surface area (Å²) in [7, 11) is 0. The van der Waals surface area contributed by atoms with Gasteiger partial charge in [-0.3, -0.25) is 9.59 Å². The first-order valence-electron chi connectivity index (χ1n) is 5.37. The third-order valence-electron chi connectivity index (χ3n) is 2.92. The van der Waals surface area contributed by atoms with Crippen LogP contribution in [0.4, 0.5) is 0 Å². The van der Waals surface area contributed by atoms with Gasteiger partial charge < -0.3 is 35.0 Å². The van der Waals surface area contributed by atoms with Crippen LogP contribution in [0.15, 0.2) is 9.59 Å². The van der Waals surface area contributed by atoms with Gasteiger partial charge in [-0.2, -0.15) is 0 Å². The van der Waals surface area contributed by atoms with Crippen LogP contribution in [0.2, 0.25) is 0 Å². The van der Waals surface area contributed by atoms with Crippen LogP contribution in [-0.4, -0.2) is 62.8 Å². The van der Waals surface area contributed by atoms with E-state index in [0.29, 0.717) is 0 Å². The summed E-state index contributed by atoms with van der Waals surface area (Å²) in [6, 6.07) is 0. The molecular formula is C10H12O9. The molecule has 0 spiro atoms. The van der Waals surface area contributed by atoms with E-state index in [9.17, 15) is 30.0 Å². The Hall–Kier alpha value is -1.52. The lowest BCUT2D eigenvalue weighted by Gasteiger charge is -2.38. The van der Waals surface area contributed by atoms with Crippen LogP contribution in [0.25, 0.3) is 0 Å². The third kappa shape index (κ3) is 2.22. The molecule has 19 heavy (non-hydrogen) atoms. The fraction of sp³-hybridized carbons (Fsp3) is 0.600. The highest BCUT2D eigenvalue weighted by Crippen LogP contribution is 2.22. The summed E-state index contributed by atoms with van der Waals surface area (Å²) < 4.78 is 9.55. The standard InChI is InChI=1S/C10H12O9/c11-3-2(19-10(17)8(16)4(3)12)1-18-9-6(14)5(13)7(9)15/h2-4,8,10-12,14,16-17H,1H2/t2-,3-,4+,8+,10?/m1/s1. The van der Waals surface area contributed by atoms with Crippen LogP contribution < -0.4 is 15.6 Å². The second-order valence-corrected chi connectivity index (χ2v) is 4.18. The summed E-state index contributed by atoms with van der Waals surface area (Å²) in [4.78, 5) is 21.7. The molecule has 106 valence electrons. The van der Waals surface area contributed by atoms with Gasteiger partial charge in [-0.25, -0.2) is 0 Å². The van der Waals surface area contributed by atoms with Crippen molar-refractivity contribution in [3.63, 3.8) is 0 Å². The predicted octanol–water partition coefficient (Wildman–Crippen LogP) is -3.83. The van der Waals surface area contributed by atoms with Crippen molar-refractivity contribution in [3.05, 3.63) is 20.4 Å². The molecule has 1 aromatic carbocycles. The quantitative estimate of drug-likeness (QED) is 0.349. The molecule has 0 aromatic heterocycles. The van der Waals surface area contributed by atoms with Crippen LogP contribution in [0.5, 0.6) is 11.5 Å². The molecule has 1 saturated heterocycles. The van der Waals surface area contributed by atoms with Gasteiger partial charge >= 0.3 is 0 Å². The molecule has 1 aliphatic rings. The van der Waals surface area contributed by atoms with Gasteiger partial charge in [0.1, 0.15) is 31.0 Å². The number of rotatable bonds is 3. The lowest BCUT2D eigenvalue weighted by atomic mass is 9.99. The minimum absolute atomic E-state index is 0.500. The molecule has 1 aromatic rings. The average Bonchev–Trinajstić information content (AvgIpc) is 2.41. The number of aliphatic hydroxyl groups excluding tert-OH is 4. The Kier molecular flexibility index (Phi) is 3.56. The van der Waals surface area contributed by atoms with Gasteiger partial charge in [0.2, 0.25) is 11.5 Å². The van der Waals surface area contributed by atoms with Gasteiger partial charge in [0.05, 0.1) is 0 Å². The molecule has 9 heteroatoms. The molecule has 0 aliphatic carbocycles. The van der Waals surface area contributed by atoms with E-state index in [4.69, 9.17) is 14.6 Å². The second kappa shape index (κ2) is 4.87. The summed E-state index contributed by atoms with van der Waals surface area (Å²) in [5.74, 6) is -1.38. The van der Waals surface area contributed by atoms with E-state index in [-0.39, 0.29) is 0 Å². The van der Waals surface area contributed by atoms with E-state index in [1.807, 2.05) is 0 Å². The van der Waals surface area contributed by atoms with Gasteiger partial charge in [-0.1, -0.05) is 0 Å². The Morgan fingerprint density at radius 1 is 1.00 bits per heavy atom. The number of aliphatic hydroxyl groups is 4. The van der Waals surface area contributed by atoms with Crippen molar-refractivity contribution in [2.24, 2.45) is 0 Å². The van der Waals surface area contributed by atoms with Crippen molar-refractivity contribution in [2.75, 3.05) is 6.61 Å². The minimum Gasteiger partial charge on any atom is -0.501 e. The van der Waals surface area contributed by atoms with E-state index in [2.05, 4.69) is 0 Å². The maximum atomic E-state index is 11.0. The molecule has 2 rings (SSSR count). The second-order valence-electron chi connectivity index (χ2n) is 4.18. The lowest BCUT2D eigenvalue weighted by Crippen LogP contribution is -2.59. The van der Waals surface area contributed by atoms with Crippen molar-refractivity contribution in [3.8, 4) is 11.5 Å². The highest BCUT2D eigenvalue weighted by Gasteiger charge is 2.43. The molecular weight excluding hydrogens is 264 g/mol. The smallest absolute Gasteiger partial charge is 0.275 e. The normalized spacial score (nSPS) is 35.5. The zero-order valence-corrected chi connectivity index (χ0v) is 9.46. The zero-order valence-electron chi connectivity index (χ0n) is 9.46. The van der Waals surface area contributed by atoms with Gasteiger partial charge in [0.15, 0.2) is 6.29 Å². The van der Waals surface area contributed by atoms with E-state index in [1.54, 1.807) is 0 Å². The summed E-state index contributed by atoms with van der Waals surface area (Å²) in [5.41, 5.74) is -2.08. The molecule has 0 saturated carbocycles. The Morgan fingerprint density at radius 3 is 2.21 bits per heavy atom. The van der Waals surface area contributed by atoms with Crippen molar-refractivity contribution in [1.29, 1.82) is 0 Å². The van der Waals surface area contributed by atoms with Crippen LogP contribution in [0.1, 0.15) is 0 Å². The largest absolute Gasteiger partial charge is 0.501 e. The minimum atomic E-state index is -1.73. The highest BCUT2D eigenvalue weighted by atomic mass is 16.6. The van der Waals surface area contributed by atoms with Crippen LogP contribution in [-0.2, 0) is 4.74 Å². The number of aromatic hydroxyl groups is 1. The zero-order chi connectivity index (χ0) is 14.3. The average molecular weight is 276 g/mol. The van der Waals surface area contributed by atoms with Crippen molar-refractivity contribution >= 4 is 0 Å². The first kappa shape index (κ1) is 13.9. The van der Waals surface area contributed by atoms with E-state index in [1.165, 1.54) is 0 Å². The van der Waals surface area contributed by atoms with E-state index in [0.717, 1.165) is 0 Å². The monoisotopic (exact) mass is 276 g/mol. The summed E-state index contributed by atoms with van der Waals surface area (Å²) >= 11 is 0. The molecule has 5 atom stereocenters. The molecule has 5 N–H and O–H groups in total. The Morgan fingerprint density at radius 2 is 1.63 bits per heavy atom. The van der Waals surface area contributed by atoms with Gasteiger partial charge in [0, 0.05) is 0 Å². The maximum absolute atomic E-state index is 11.0. The van der Waals surface area contributed by atoms with E-state index >= 15 is 0 Å². The molecule has 9 nitrogen and oxygen atoms in total. The molecule has 1 heterocycles. The van der Waals surface area contributed by atoms with Crippen LogP contribution in [0, 0.1) is 0 Å². The van der Waals surface area contributed by atoms with Gasteiger partial charge in [0.25, 0.3) is 10.9 Å². The summed E-state index contributed by atoms with van der Waals surface area (Å²) in [6.45, 7) is -0.500. The molecule has 1 unspecified atom stereocenters.